The van der Waals surface area contributed by atoms with Gasteiger partial charge in [0.05, 0.1) is 0 Å². The van der Waals surface area contributed by atoms with Crippen LogP contribution in [-0.2, 0) is 4.74 Å². The van der Waals surface area contributed by atoms with E-state index in [0.29, 0.717) is 12.1 Å². The minimum Gasteiger partial charge on any atom is -0.385 e. The van der Waals surface area contributed by atoms with Crippen LogP contribution in [0.3, 0.4) is 0 Å². The number of anilines is 1. The van der Waals surface area contributed by atoms with Crippen molar-refractivity contribution >= 4 is 5.95 Å². The highest BCUT2D eigenvalue weighted by Gasteiger charge is 2.09. The number of rotatable bonds is 6. The number of methoxy groups -OCH3 is 1. The van der Waals surface area contributed by atoms with Crippen molar-refractivity contribution in [3.63, 3.8) is 0 Å². The summed E-state index contributed by atoms with van der Waals surface area (Å²) in [6.45, 7) is 7.17. The van der Waals surface area contributed by atoms with Gasteiger partial charge in [-0.1, -0.05) is 0 Å². The molecule has 0 saturated heterocycles. The first kappa shape index (κ1) is 12.0. The molecule has 86 valence electrons. The van der Waals surface area contributed by atoms with Gasteiger partial charge in [-0.3, -0.25) is 0 Å². The minimum absolute atomic E-state index is 0.403. The second-order valence-electron chi connectivity index (χ2n) is 4.09. The summed E-state index contributed by atoms with van der Waals surface area (Å²) in [4.78, 5) is 4.30. The second-order valence-corrected chi connectivity index (χ2v) is 4.09. The van der Waals surface area contributed by atoms with Crippen molar-refractivity contribution in [2.45, 2.75) is 39.3 Å². The van der Waals surface area contributed by atoms with E-state index in [0.717, 1.165) is 19.0 Å². The summed E-state index contributed by atoms with van der Waals surface area (Å²) < 4.78 is 7.23. The lowest BCUT2D eigenvalue weighted by molar-refractivity contribution is 0.181. The van der Waals surface area contributed by atoms with Crippen LogP contribution in [0.5, 0.6) is 0 Å². The number of hydrogen-bond donors (Lipinski definition) is 1. The van der Waals surface area contributed by atoms with Gasteiger partial charge in [0.2, 0.25) is 5.95 Å². The van der Waals surface area contributed by atoms with Crippen LogP contribution in [0.1, 0.15) is 33.2 Å². The molecular weight excluding hydrogens is 190 g/mol. The summed E-state index contributed by atoms with van der Waals surface area (Å²) in [6.07, 6.45) is 4.83. The Morgan fingerprint density at radius 1 is 1.47 bits per heavy atom. The molecule has 0 aromatic carbocycles. The lowest BCUT2D eigenvalue weighted by Crippen LogP contribution is -2.17. The Balaban J connectivity index is 2.62. The molecule has 1 N–H and O–H groups in total. The zero-order valence-electron chi connectivity index (χ0n) is 10.0. The Morgan fingerprint density at radius 2 is 2.20 bits per heavy atom. The molecule has 0 bridgehead atoms. The lowest BCUT2D eigenvalue weighted by atomic mass is 10.2. The highest BCUT2D eigenvalue weighted by atomic mass is 16.5. The van der Waals surface area contributed by atoms with Gasteiger partial charge in [0, 0.05) is 38.2 Å². The fourth-order valence-electron chi connectivity index (χ4n) is 1.47. The number of nitrogens with zero attached hydrogens (tertiary/aromatic N) is 2. The number of ether oxygens (including phenoxy) is 1. The Kier molecular flexibility index (Phi) is 4.62. The van der Waals surface area contributed by atoms with Crippen molar-refractivity contribution in [3.05, 3.63) is 12.4 Å². The van der Waals surface area contributed by atoms with Crippen molar-refractivity contribution in [1.29, 1.82) is 0 Å². The van der Waals surface area contributed by atoms with Crippen molar-refractivity contribution in [1.82, 2.24) is 9.55 Å². The molecule has 1 atom stereocenters. The summed E-state index contributed by atoms with van der Waals surface area (Å²) in [6, 6.07) is 0.814. The summed E-state index contributed by atoms with van der Waals surface area (Å²) in [5.74, 6) is 0.939. The smallest absolute Gasteiger partial charge is 0.203 e. The second kappa shape index (κ2) is 5.75. The summed E-state index contributed by atoms with van der Waals surface area (Å²) in [7, 11) is 1.73. The van der Waals surface area contributed by atoms with Crippen LogP contribution >= 0.6 is 0 Å². The van der Waals surface area contributed by atoms with Gasteiger partial charge in [0.15, 0.2) is 0 Å². The lowest BCUT2D eigenvalue weighted by Gasteiger charge is -2.17. The third-order valence-corrected chi connectivity index (χ3v) is 2.30. The average Bonchev–Trinajstić information content (AvgIpc) is 2.61. The largest absolute Gasteiger partial charge is 0.385 e. The quantitative estimate of drug-likeness (QED) is 0.784. The average molecular weight is 211 g/mol. The van der Waals surface area contributed by atoms with Gasteiger partial charge in [0.1, 0.15) is 0 Å². The van der Waals surface area contributed by atoms with E-state index in [2.05, 4.69) is 35.6 Å². The van der Waals surface area contributed by atoms with E-state index in [1.165, 1.54) is 0 Å². The molecule has 0 amide bonds. The summed E-state index contributed by atoms with van der Waals surface area (Å²) in [5, 5.41) is 3.32. The van der Waals surface area contributed by atoms with E-state index < -0.39 is 0 Å². The first-order valence-corrected chi connectivity index (χ1v) is 5.43. The van der Waals surface area contributed by atoms with Crippen LogP contribution in [0.25, 0.3) is 0 Å². The molecular formula is C11H21N3O. The third-order valence-electron chi connectivity index (χ3n) is 2.30. The minimum atomic E-state index is 0.403. The maximum atomic E-state index is 5.08. The SMILES string of the molecule is COCCC(C)n1ccnc1NC(C)C. The van der Waals surface area contributed by atoms with Gasteiger partial charge in [-0.05, 0) is 27.2 Å². The normalized spacial score (nSPS) is 13.1. The number of aromatic nitrogens is 2. The number of imidazole rings is 1. The van der Waals surface area contributed by atoms with Crippen LogP contribution in [-0.4, -0.2) is 29.3 Å². The van der Waals surface area contributed by atoms with E-state index >= 15 is 0 Å². The van der Waals surface area contributed by atoms with Crippen LogP contribution in [0, 0.1) is 0 Å². The first-order chi connectivity index (χ1) is 7.15. The summed E-state index contributed by atoms with van der Waals surface area (Å²) >= 11 is 0. The van der Waals surface area contributed by atoms with E-state index in [1.54, 1.807) is 7.11 Å². The highest BCUT2D eigenvalue weighted by molar-refractivity contribution is 5.27. The van der Waals surface area contributed by atoms with Crippen LogP contribution in [0.15, 0.2) is 12.4 Å². The zero-order valence-corrected chi connectivity index (χ0v) is 10.0. The molecule has 1 unspecified atom stereocenters. The fourth-order valence-corrected chi connectivity index (χ4v) is 1.47. The predicted molar refractivity (Wildman–Crippen MR) is 62.2 cm³/mol. The molecule has 4 heteroatoms. The van der Waals surface area contributed by atoms with Crippen LogP contribution < -0.4 is 5.32 Å². The molecule has 0 aliphatic carbocycles. The Bertz CT molecular complexity index is 283. The monoisotopic (exact) mass is 211 g/mol. The van der Waals surface area contributed by atoms with E-state index in [9.17, 15) is 0 Å². The molecule has 4 nitrogen and oxygen atoms in total. The van der Waals surface area contributed by atoms with Crippen LogP contribution in [0.4, 0.5) is 5.95 Å². The molecule has 1 rings (SSSR count). The summed E-state index contributed by atoms with van der Waals surface area (Å²) in [5.41, 5.74) is 0. The maximum Gasteiger partial charge on any atom is 0.203 e. The molecule has 1 aromatic heterocycles. The molecule has 0 fully saturated rings. The maximum absolute atomic E-state index is 5.08. The number of hydrogen-bond acceptors (Lipinski definition) is 3. The molecule has 1 aromatic rings. The topological polar surface area (TPSA) is 39.1 Å². The Hall–Kier alpha value is -1.03. The van der Waals surface area contributed by atoms with Gasteiger partial charge >= 0.3 is 0 Å². The first-order valence-electron chi connectivity index (χ1n) is 5.43. The van der Waals surface area contributed by atoms with Gasteiger partial charge in [0.25, 0.3) is 0 Å². The standard InChI is InChI=1S/C11H21N3O/c1-9(2)13-11-12-6-7-14(11)10(3)5-8-15-4/h6-7,9-10H,5,8H2,1-4H3,(H,12,13). The van der Waals surface area contributed by atoms with E-state index in [-0.39, 0.29) is 0 Å². The fraction of sp³-hybridized carbons (Fsp3) is 0.727. The zero-order chi connectivity index (χ0) is 11.3. The third kappa shape index (κ3) is 3.55. The van der Waals surface area contributed by atoms with Crippen LogP contribution in [0.2, 0.25) is 0 Å². The Labute approximate surface area is 91.7 Å². The molecule has 0 saturated carbocycles. The van der Waals surface area contributed by atoms with Gasteiger partial charge < -0.3 is 14.6 Å². The van der Waals surface area contributed by atoms with Crippen molar-refractivity contribution < 1.29 is 4.74 Å². The molecule has 0 radical (unpaired) electrons. The van der Waals surface area contributed by atoms with Crippen molar-refractivity contribution in [3.8, 4) is 0 Å². The molecule has 1 heterocycles. The Morgan fingerprint density at radius 3 is 2.80 bits per heavy atom. The van der Waals surface area contributed by atoms with Gasteiger partial charge in [-0.25, -0.2) is 4.98 Å². The highest BCUT2D eigenvalue weighted by Crippen LogP contribution is 2.17. The number of nitrogens with one attached hydrogen (secondary N) is 1. The molecule has 0 aliphatic rings. The predicted octanol–water partition coefficient (Wildman–Crippen LogP) is 2.30. The van der Waals surface area contributed by atoms with Crippen molar-refractivity contribution in [2.24, 2.45) is 0 Å². The molecule has 0 spiro atoms. The van der Waals surface area contributed by atoms with E-state index in [1.807, 2.05) is 12.4 Å². The van der Waals surface area contributed by atoms with Gasteiger partial charge in [-0.2, -0.15) is 0 Å². The van der Waals surface area contributed by atoms with Crippen molar-refractivity contribution in [2.75, 3.05) is 19.0 Å². The van der Waals surface area contributed by atoms with E-state index in [4.69, 9.17) is 4.74 Å². The molecule has 15 heavy (non-hydrogen) atoms. The van der Waals surface area contributed by atoms with Gasteiger partial charge in [-0.15, -0.1) is 0 Å². The molecule has 0 aliphatic heterocycles.